The molecule has 0 aliphatic heterocycles. The minimum Gasteiger partial charge on any atom is -0.497 e. The number of likely N-dealkylation sites (N-methyl/N-ethyl adjacent to an activating group) is 1. The van der Waals surface area contributed by atoms with E-state index in [4.69, 9.17) is 14.6 Å². The molecule has 0 aliphatic rings. The minimum absolute atomic E-state index is 0.124. The van der Waals surface area contributed by atoms with Gasteiger partial charge in [0.1, 0.15) is 23.7 Å². The first-order valence-electron chi connectivity index (χ1n) is 6.38. The van der Waals surface area contributed by atoms with E-state index < -0.39 is 5.97 Å². The molecule has 0 aliphatic carbocycles. The van der Waals surface area contributed by atoms with Gasteiger partial charge in [0.2, 0.25) is 0 Å². The maximum atomic E-state index is 11.2. The smallest absolute Gasteiger partial charge is 0.339 e. The third-order valence-corrected chi connectivity index (χ3v) is 2.98. The Hall–Kier alpha value is -1.75. The van der Waals surface area contributed by atoms with Crippen molar-refractivity contribution in [3.8, 4) is 11.5 Å². The van der Waals surface area contributed by atoms with E-state index >= 15 is 0 Å². The van der Waals surface area contributed by atoms with E-state index in [0.717, 1.165) is 19.6 Å². The van der Waals surface area contributed by atoms with Crippen molar-refractivity contribution in [2.24, 2.45) is 0 Å². The van der Waals surface area contributed by atoms with Crippen LogP contribution in [0.5, 0.6) is 11.5 Å². The molecule has 0 radical (unpaired) electrons. The molecule has 0 atom stereocenters. The summed E-state index contributed by atoms with van der Waals surface area (Å²) in [6, 6.07) is 4.79. The molecule has 5 nitrogen and oxygen atoms in total. The second kappa shape index (κ2) is 7.63. The predicted molar refractivity (Wildman–Crippen MR) is 73.2 cm³/mol. The number of aromatic carboxylic acids is 1. The maximum absolute atomic E-state index is 11.2. The third kappa shape index (κ3) is 4.44. The number of hydrogen-bond donors (Lipinski definition) is 1. The van der Waals surface area contributed by atoms with E-state index in [1.165, 1.54) is 13.2 Å². The van der Waals surface area contributed by atoms with Crippen molar-refractivity contribution in [2.75, 3.05) is 33.4 Å². The first kappa shape index (κ1) is 15.3. The van der Waals surface area contributed by atoms with Crippen LogP contribution in [0.4, 0.5) is 0 Å². The Kier molecular flexibility index (Phi) is 6.15. The van der Waals surface area contributed by atoms with Crippen LogP contribution in [-0.4, -0.2) is 49.3 Å². The van der Waals surface area contributed by atoms with E-state index in [0.29, 0.717) is 18.1 Å². The van der Waals surface area contributed by atoms with Crippen LogP contribution in [0.1, 0.15) is 24.2 Å². The van der Waals surface area contributed by atoms with Gasteiger partial charge in [0.15, 0.2) is 0 Å². The highest BCUT2D eigenvalue weighted by atomic mass is 16.5. The lowest BCUT2D eigenvalue weighted by Crippen LogP contribution is -2.28. The maximum Gasteiger partial charge on any atom is 0.339 e. The van der Waals surface area contributed by atoms with Crippen LogP contribution in [-0.2, 0) is 0 Å². The summed E-state index contributed by atoms with van der Waals surface area (Å²) in [5.74, 6) is -0.134. The normalized spacial score (nSPS) is 10.5. The Labute approximate surface area is 113 Å². The summed E-state index contributed by atoms with van der Waals surface area (Å²) in [4.78, 5) is 13.4. The van der Waals surface area contributed by atoms with E-state index in [1.54, 1.807) is 12.1 Å². The number of carboxylic acid groups (broad SMARTS) is 1. The van der Waals surface area contributed by atoms with Crippen LogP contribution in [0, 0.1) is 0 Å². The Balaban J connectivity index is 2.69. The molecule has 1 aromatic carbocycles. The molecule has 0 bridgehead atoms. The van der Waals surface area contributed by atoms with Crippen LogP contribution in [0.25, 0.3) is 0 Å². The molecule has 0 spiro atoms. The summed E-state index contributed by atoms with van der Waals surface area (Å²) >= 11 is 0. The molecule has 0 heterocycles. The number of rotatable bonds is 8. The number of hydrogen-bond acceptors (Lipinski definition) is 4. The minimum atomic E-state index is -1.02. The van der Waals surface area contributed by atoms with Gasteiger partial charge in [-0.2, -0.15) is 0 Å². The van der Waals surface area contributed by atoms with Gasteiger partial charge in [0, 0.05) is 6.54 Å². The Bertz CT molecular complexity index is 416. The summed E-state index contributed by atoms with van der Waals surface area (Å²) in [5, 5.41) is 9.14. The van der Waals surface area contributed by atoms with Gasteiger partial charge < -0.3 is 19.5 Å². The first-order chi connectivity index (χ1) is 9.12. The molecule has 0 amide bonds. The third-order valence-electron chi connectivity index (χ3n) is 2.98. The van der Waals surface area contributed by atoms with Crippen LogP contribution < -0.4 is 9.47 Å². The van der Waals surface area contributed by atoms with Crippen molar-refractivity contribution in [2.45, 2.75) is 13.8 Å². The zero-order valence-corrected chi connectivity index (χ0v) is 11.7. The summed E-state index contributed by atoms with van der Waals surface area (Å²) in [5.41, 5.74) is 0.124. The fourth-order valence-electron chi connectivity index (χ4n) is 1.75. The molecule has 19 heavy (non-hydrogen) atoms. The van der Waals surface area contributed by atoms with Gasteiger partial charge in [0.25, 0.3) is 0 Å². The summed E-state index contributed by atoms with van der Waals surface area (Å²) < 4.78 is 10.6. The Morgan fingerprint density at radius 2 is 2.00 bits per heavy atom. The average Bonchev–Trinajstić information content (AvgIpc) is 2.43. The van der Waals surface area contributed by atoms with E-state index in [2.05, 4.69) is 18.7 Å². The quantitative estimate of drug-likeness (QED) is 0.781. The number of methoxy groups -OCH3 is 1. The Morgan fingerprint density at radius 3 is 2.53 bits per heavy atom. The highest BCUT2D eigenvalue weighted by molar-refractivity contribution is 5.91. The first-order valence-corrected chi connectivity index (χ1v) is 6.38. The van der Waals surface area contributed by atoms with Crippen molar-refractivity contribution >= 4 is 5.97 Å². The molecule has 0 saturated carbocycles. The van der Waals surface area contributed by atoms with Gasteiger partial charge >= 0.3 is 5.97 Å². The van der Waals surface area contributed by atoms with Crippen molar-refractivity contribution in [1.82, 2.24) is 4.90 Å². The summed E-state index contributed by atoms with van der Waals surface area (Å²) in [6.45, 7) is 7.31. The van der Waals surface area contributed by atoms with Crippen LogP contribution in [0.2, 0.25) is 0 Å². The van der Waals surface area contributed by atoms with Crippen LogP contribution in [0.15, 0.2) is 18.2 Å². The second-order valence-electron chi connectivity index (χ2n) is 4.04. The van der Waals surface area contributed by atoms with E-state index in [1.807, 2.05) is 0 Å². The molecule has 1 rings (SSSR count). The molecule has 1 aromatic rings. The summed E-state index contributed by atoms with van der Waals surface area (Å²) in [6.07, 6.45) is 0. The zero-order chi connectivity index (χ0) is 14.3. The molecule has 5 heteroatoms. The number of carbonyl (C=O) groups is 1. The SMILES string of the molecule is CCN(CC)CCOc1ccc(OC)cc1C(=O)O. The van der Waals surface area contributed by atoms with Crippen molar-refractivity contribution in [1.29, 1.82) is 0 Å². The molecule has 0 saturated heterocycles. The topological polar surface area (TPSA) is 59.0 Å². The number of carboxylic acids is 1. The lowest BCUT2D eigenvalue weighted by Gasteiger charge is -2.18. The van der Waals surface area contributed by atoms with Crippen LogP contribution in [0.3, 0.4) is 0 Å². The fourth-order valence-corrected chi connectivity index (χ4v) is 1.75. The molecule has 0 unspecified atom stereocenters. The van der Waals surface area contributed by atoms with Crippen LogP contribution >= 0.6 is 0 Å². The second-order valence-corrected chi connectivity index (χ2v) is 4.04. The molecule has 1 N–H and O–H groups in total. The van der Waals surface area contributed by atoms with Gasteiger partial charge in [-0.25, -0.2) is 4.79 Å². The van der Waals surface area contributed by atoms with Crippen molar-refractivity contribution < 1.29 is 19.4 Å². The van der Waals surface area contributed by atoms with E-state index in [-0.39, 0.29) is 5.56 Å². The van der Waals surface area contributed by atoms with Gasteiger partial charge in [-0.3, -0.25) is 0 Å². The zero-order valence-electron chi connectivity index (χ0n) is 11.7. The van der Waals surface area contributed by atoms with Gasteiger partial charge in [-0.1, -0.05) is 13.8 Å². The van der Waals surface area contributed by atoms with E-state index in [9.17, 15) is 4.79 Å². The largest absolute Gasteiger partial charge is 0.497 e. The van der Waals surface area contributed by atoms with Crippen molar-refractivity contribution in [3.63, 3.8) is 0 Å². The molecular formula is C14H21NO4. The lowest BCUT2D eigenvalue weighted by atomic mass is 10.2. The van der Waals surface area contributed by atoms with Crippen molar-refractivity contribution in [3.05, 3.63) is 23.8 Å². The average molecular weight is 267 g/mol. The summed E-state index contributed by atoms with van der Waals surface area (Å²) in [7, 11) is 1.50. The number of ether oxygens (including phenoxy) is 2. The molecule has 106 valence electrons. The highest BCUT2D eigenvalue weighted by Crippen LogP contribution is 2.24. The van der Waals surface area contributed by atoms with Gasteiger partial charge in [0.05, 0.1) is 7.11 Å². The molecule has 0 aromatic heterocycles. The molecule has 0 fully saturated rings. The number of benzene rings is 1. The number of nitrogens with zero attached hydrogens (tertiary/aromatic N) is 1. The monoisotopic (exact) mass is 267 g/mol. The fraction of sp³-hybridized carbons (Fsp3) is 0.500. The lowest BCUT2D eigenvalue weighted by molar-refractivity contribution is 0.0691. The molecular weight excluding hydrogens is 246 g/mol. The standard InChI is InChI=1S/C14H21NO4/c1-4-15(5-2)8-9-19-13-7-6-11(18-3)10-12(13)14(16)17/h6-7,10H,4-5,8-9H2,1-3H3,(H,16,17). The van der Waals surface area contributed by atoms with Gasteiger partial charge in [-0.15, -0.1) is 0 Å². The Morgan fingerprint density at radius 1 is 1.32 bits per heavy atom. The van der Waals surface area contributed by atoms with Gasteiger partial charge in [-0.05, 0) is 31.3 Å². The highest BCUT2D eigenvalue weighted by Gasteiger charge is 2.13. The predicted octanol–water partition coefficient (Wildman–Crippen LogP) is 2.11.